The molecule has 1 atom stereocenters. The number of aryl methyl sites for hydroxylation is 1. The number of carbonyl (C=O) groups is 2. The first-order valence-corrected chi connectivity index (χ1v) is 13.4. The molecular formula is C31H35N7O3. The zero-order chi connectivity index (χ0) is 29.2. The van der Waals surface area contributed by atoms with Gasteiger partial charge in [-0.1, -0.05) is 90.1 Å². The van der Waals surface area contributed by atoms with Crippen LogP contribution in [0, 0.1) is 6.92 Å². The molecule has 0 aliphatic heterocycles. The van der Waals surface area contributed by atoms with E-state index in [1.165, 1.54) is 0 Å². The van der Waals surface area contributed by atoms with E-state index >= 15 is 0 Å². The summed E-state index contributed by atoms with van der Waals surface area (Å²) in [5.74, 6) is -0.644. The molecule has 0 unspecified atom stereocenters. The van der Waals surface area contributed by atoms with E-state index in [1.807, 2.05) is 84.9 Å². The number of aliphatic imine (C=N–C) groups is 1. The number of nitrogens with one attached hydrogen (secondary N) is 1. The quantitative estimate of drug-likeness (QED) is 0.0845. The third-order valence-electron chi connectivity index (χ3n) is 6.80. The van der Waals surface area contributed by atoms with Crippen LogP contribution in [0.15, 0.2) is 94.4 Å². The number of nitrogens with two attached hydrogens (primary N) is 3. The minimum Gasteiger partial charge on any atom is -0.370 e. The van der Waals surface area contributed by atoms with E-state index in [0.29, 0.717) is 24.6 Å². The molecule has 41 heavy (non-hydrogen) atoms. The van der Waals surface area contributed by atoms with Gasteiger partial charge in [-0.2, -0.15) is 4.98 Å². The number of rotatable bonds is 13. The topological polar surface area (TPSA) is 176 Å². The Bertz CT molecular complexity index is 1430. The van der Waals surface area contributed by atoms with Crippen molar-refractivity contribution in [1.82, 2.24) is 15.5 Å². The van der Waals surface area contributed by atoms with Gasteiger partial charge in [-0.3, -0.25) is 14.6 Å². The summed E-state index contributed by atoms with van der Waals surface area (Å²) in [6, 6.07) is 26.3. The van der Waals surface area contributed by atoms with Crippen LogP contribution in [0.2, 0.25) is 0 Å². The van der Waals surface area contributed by atoms with Gasteiger partial charge in [0.25, 0.3) is 0 Å². The van der Waals surface area contributed by atoms with Gasteiger partial charge < -0.3 is 27.0 Å². The maximum absolute atomic E-state index is 14.3. The van der Waals surface area contributed by atoms with Crippen molar-refractivity contribution in [2.24, 2.45) is 22.2 Å². The van der Waals surface area contributed by atoms with E-state index in [0.717, 1.165) is 22.3 Å². The van der Waals surface area contributed by atoms with Crippen molar-refractivity contribution in [3.63, 3.8) is 0 Å². The lowest BCUT2D eigenvalue weighted by atomic mass is 9.76. The predicted molar refractivity (Wildman–Crippen MR) is 157 cm³/mol. The van der Waals surface area contributed by atoms with Gasteiger partial charge in [-0.05, 0) is 42.0 Å². The average Bonchev–Trinajstić information content (AvgIpc) is 3.40. The van der Waals surface area contributed by atoms with Gasteiger partial charge in [0, 0.05) is 13.1 Å². The maximum Gasteiger partial charge on any atom is 0.248 e. The van der Waals surface area contributed by atoms with Crippen LogP contribution in [0.25, 0.3) is 0 Å². The van der Waals surface area contributed by atoms with Crippen LogP contribution < -0.4 is 22.5 Å². The third-order valence-corrected chi connectivity index (χ3v) is 6.80. The fourth-order valence-corrected chi connectivity index (χ4v) is 4.66. The first-order chi connectivity index (χ1) is 19.8. The summed E-state index contributed by atoms with van der Waals surface area (Å²) in [4.78, 5) is 36.2. The number of aromatic nitrogens is 2. The first kappa shape index (κ1) is 29.2. The molecule has 0 bridgehead atoms. The van der Waals surface area contributed by atoms with Crippen molar-refractivity contribution in [2.75, 3.05) is 6.54 Å². The minimum absolute atomic E-state index is 0.0625. The van der Waals surface area contributed by atoms with E-state index < -0.39 is 23.1 Å². The Labute approximate surface area is 239 Å². The number of Topliss-reactive ketones (excluding diaryl/α,β-unsaturated/α-hetero) is 1. The van der Waals surface area contributed by atoms with Crippen molar-refractivity contribution in [1.29, 1.82) is 0 Å². The summed E-state index contributed by atoms with van der Waals surface area (Å²) in [6.45, 7) is 2.20. The highest BCUT2D eigenvalue weighted by molar-refractivity contribution is 6.13. The smallest absolute Gasteiger partial charge is 0.248 e. The highest BCUT2D eigenvalue weighted by Gasteiger charge is 2.45. The predicted octanol–water partition coefficient (Wildman–Crippen LogP) is 2.74. The lowest BCUT2D eigenvalue weighted by Gasteiger charge is -2.31. The molecule has 7 N–H and O–H groups in total. The van der Waals surface area contributed by atoms with Gasteiger partial charge >= 0.3 is 0 Å². The van der Waals surface area contributed by atoms with Crippen LogP contribution in [0.4, 0.5) is 0 Å². The van der Waals surface area contributed by atoms with E-state index in [-0.39, 0.29) is 25.5 Å². The maximum atomic E-state index is 14.3. The molecule has 0 aliphatic carbocycles. The summed E-state index contributed by atoms with van der Waals surface area (Å²) in [7, 11) is 0. The summed E-state index contributed by atoms with van der Waals surface area (Å²) >= 11 is 0. The normalized spacial score (nSPS) is 12.5. The number of hydrogen-bond donors (Lipinski definition) is 4. The van der Waals surface area contributed by atoms with Crippen LogP contribution in [-0.2, 0) is 22.6 Å². The molecule has 0 aliphatic rings. The molecule has 0 spiro atoms. The van der Waals surface area contributed by atoms with Gasteiger partial charge in [0.2, 0.25) is 11.8 Å². The summed E-state index contributed by atoms with van der Waals surface area (Å²) in [6.07, 6.45) is 0.908. The van der Waals surface area contributed by atoms with Gasteiger partial charge in [0.1, 0.15) is 0 Å². The Kier molecular flexibility index (Phi) is 9.60. The number of amides is 1. The number of guanidine groups is 1. The summed E-state index contributed by atoms with van der Waals surface area (Å²) in [5, 5.41) is 6.70. The second-order valence-electron chi connectivity index (χ2n) is 9.91. The molecule has 0 saturated heterocycles. The molecule has 10 nitrogen and oxygen atoms in total. The molecule has 0 fully saturated rings. The zero-order valence-electron chi connectivity index (χ0n) is 23.0. The van der Waals surface area contributed by atoms with E-state index in [1.54, 1.807) is 6.92 Å². The van der Waals surface area contributed by atoms with Crippen molar-refractivity contribution in [3.8, 4) is 0 Å². The lowest BCUT2D eigenvalue weighted by Crippen LogP contribution is -2.61. The Morgan fingerprint density at radius 3 is 2.05 bits per heavy atom. The number of hydrogen-bond acceptors (Lipinski definition) is 7. The standard InChI is InChI=1S/C31H35N7O3/c1-21-37-26(41-38-21)19-22-13-15-23(16-14-22)20-36-29(40)31(34,17-8-18-35-30(32)33)28(39)27(24-9-4-2-5-10-24)25-11-6-3-7-12-25/h2-7,9-16,27H,8,17-20,34H2,1H3,(H,36,40)(H4,32,33,35)/t31-/m1/s1. The Morgan fingerprint density at radius 1 is 0.927 bits per heavy atom. The highest BCUT2D eigenvalue weighted by Crippen LogP contribution is 2.31. The average molecular weight is 554 g/mol. The van der Waals surface area contributed by atoms with Crippen molar-refractivity contribution >= 4 is 17.6 Å². The van der Waals surface area contributed by atoms with Crippen LogP contribution in [0.3, 0.4) is 0 Å². The van der Waals surface area contributed by atoms with Crippen LogP contribution >= 0.6 is 0 Å². The van der Waals surface area contributed by atoms with Crippen molar-refractivity contribution in [2.45, 2.75) is 44.2 Å². The molecule has 10 heteroatoms. The molecule has 4 rings (SSSR count). The Balaban J connectivity index is 1.54. The van der Waals surface area contributed by atoms with Crippen molar-refractivity contribution in [3.05, 3.63) is 119 Å². The molecule has 212 valence electrons. The fraction of sp³-hybridized carbons (Fsp3) is 0.258. The van der Waals surface area contributed by atoms with Gasteiger partial charge in [-0.15, -0.1) is 0 Å². The number of ketones is 1. The SMILES string of the molecule is Cc1noc(Cc2ccc(CNC(=O)[C@@](N)(CCCN=C(N)N)C(=O)C(c3ccccc3)c3ccccc3)cc2)n1. The molecular weight excluding hydrogens is 518 g/mol. The van der Waals surface area contributed by atoms with Crippen LogP contribution in [0.1, 0.15) is 52.7 Å². The number of carbonyl (C=O) groups excluding carboxylic acids is 2. The Morgan fingerprint density at radius 2 is 1.51 bits per heavy atom. The summed E-state index contributed by atoms with van der Waals surface area (Å²) in [5.41, 5.74) is 19.2. The van der Waals surface area contributed by atoms with Crippen LogP contribution in [-0.4, -0.2) is 39.9 Å². The van der Waals surface area contributed by atoms with E-state index in [9.17, 15) is 9.59 Å². The summed E-state index contributed by atoms with van der Waals surface area (Å²) < 4.78 is 5.19. The Hall–Kier alpha value is -4.83. The van der Waals surface area contributed by atoms with E-state index in [4.69, 9.17) is 21.7 Å². The molecule has 0 saturated carbocycles. The lowest BCUT2D eigenvalue weighted by molar-refractivity contribution is -0.136. The molecule has 0 radical (unpaired) electrons. The van der Waals surface area contributed by atoms with Gasteiger partial charge in [-0.25, -0.2) is 0 Å². The van der Waals surface area contributed by atoms with Gasteiger partial charge in [0.05, 0.1) is 12.3 Å². The second-order valence-corrected chi connectivity index (χ2v) is 9.91. The largest absolute Gasteiger partial charge is 0.370 e. The number of benzene rings is 3. The molecule has 1 amide bonds. The second kappa shape index (κ2) is 13.5. The zero-order valence-corrected chi connectivity index (χ0v) is 23.0. The molecule has 1 heterocycles. The van der Waals surface area contributed by atoms with Crippen LogP contribution in [0.5, 0.6) is 0 Å². The van der Waals surface area contributed by atoms with Gasteiger partial charge in [0.15, 0.2) is 23.1 Å². The molecule has 3 aromatic carbocycles. The highest BCUT2D eigenvalue weighted by atomic mass is 16.5. The monoisotopic (exact) mass is 553 g/mol. The van der Waals surface area contributed by atoms with E-state index in [2.05, 4.69) is 20.4 Å². The van der Waals surface area contributed by atoms with Crippen molar-refractivity contribution < 1.29 is 14.1 Å². The first-order valence-electron chi connectivity index (χ1n) is 13.4. The number of nitrogens with zero attached hydrogens (tertiary/aromatic N) is 3. The molecule has 4 aromatic rings. The molecule has 1 aromatic heterocycles. The fourth-order valence-electron chi connectivity index (χ4n) is 4.66. The third kappa shape index (κ3) is 7.64. The minimum atomic E-state index is -1.83.